The number of carbonyl (C=O) groups is 4. The van der Waals surface area contributed by atoms with Crippen LogP contribution in [0.4, 0.5) is 0 Å². The van der Waals surface area contributed by atoms with Crippen molar-refractivity contribution in [2.75, 3.05) is 0 Å². The molecular formula is C98H191NaO14S2. The number of carbonyl (C=O) groups excluding carboxylic acids is 1. The van der Waals surface area contributed by atoms with Crippen molar-refractivity contribution < 1.29 is 95.1 Å². The number of aliphatic carboxylic acids is 4. The molecule has 0 aromatic carbocycles. The van der Waals surface area contributed by atoms with Crippen molar-refractivity contribution in [2.45, 2.75) is 590 Å². The summed E-state index contributed by atoms with van der Waals surface area (Å²) >= 11 is 0. The summed E-state index contributed by atoms with van der Waals surface area (Å²) in [5.74, 6) is -6.50. The van der Waals surface area contributed by atoms with Gasteiger partial charge in [0.1, 0.15) is 5.41 Å². The zero-order chi connectivity index (χ0) is 84.7. The molecule has 17 heteroatoms. The monoisotopic (exact) mass is 1680 g/mol. The molecule has 0 amide bonds. The maximum atomic E-state index is 13.4. The Morgan fingerprint density at radius 3 is 0.426 bits per heavy atom. The maximum Gasteiger partial charge on any atom is 1.00 e. The van der Waals surface area contributed by atoms with Crippen molar-refractivity contribution in [3.63, 3.8) is 0 Å². The van der Waals surface area contributed by atoms with Gasteiger partial charge in [0.2, 0.25) is 4.75 Å². The molecule has 0 radical (unpaired) electrons. The summed E-state index contributed by atoms with van der Waals surface area (Å²) < 4.78 is 69.4. The third-order valence-corrected chi connectivity index (χ3v) is 29.3. The van der Waals surface area contributed by atoms with Crippen LogP contribution in [0.1, 0.15) is 581 Å². The summed E-state index contributed by atoms with van der Waals surface area (Å²) in [4.78, 5) is 53.2. The summed E-state index contributed by atoms with van der Waals surface area (Å²) in [7, 11) is -10.6. The van der Waals surface area contributed by atoms with E-state index in [1.165, 1.54) is 295 Å². The summed E-state index contributed by atoms with van der Waals surface area (Å²) in [6, 6.07) is 0. The Hall–Kier alpha value is -1.30. The molecule has 2 unspecified atom stereocenters. The van der Waals surface area contributed by atoms with Crippen LogP contribution in [0.5, 0.6) is 0 Å². The Labute approximate surface area is 735 Å². The number of rotatable bonds is 92. The zero-order valence-corrected chi connectivity index (χ0v) is 80.8. The molecule has 115 heavy (non-hydrogen) atoms. The molecule has 0 spiro atoms. The number of hydrogen-bond acceptors (Lipinski definition) is 9. The van der Waals surface area contributed by atoms with Crippen LogP contribution in [0.2, 0.25) is 0 Å². The van der Waals surface area contributed by atoms with E-state index in [2.05, 4.69) is 41.5 Å². The molecule has 0 aliphatic heterocycles. The molecule has 5 N–H and O–H groups in total. The van der Waals surface area contributed by atoms with E-state index in [9.17, 15) is 65.5 Å². The topological polar surface area (TPSA) is 261 Å². The Morgan fingerprint density at radius 2 is 0.313 bits per heavy atom. The van der Waals surface area contributed by atoms with E-state index in [0.717, 1.165) is 141 Å². The molecule has 0 bridgehead atoms. The van der Waals surface area contributed by atoms with Gasteiger partial charge in [0, 0.05) is 0 Å². The Morgan fingerprint density at radius 1 is 0.200 bits per heavy atom. The molecular weight excluding hydrogens is 1490 g/mol. The first-order valence-corrected chi connectivity index (χ1v) is 52.9. The Kier molecular flexibility index (Phi) is 84.4. The molecule has 0 aliphatic rings. The predicted octanol–water partition coefficient (Wildman–Crippen LogP) is 28.1. The van der Waals surface area contributed by atoms with Crippen LogP contribution >= 0.6 is 0 Å². The molecule has 680 valence electrons. The molecule has 0 saturated carbocycles. The second kappa shape index (κ2) is 82.3. The van der Waals surface area contributed by atoms with Crippen LogP contribution in [0, 0.1) is 10.8 Å². The second-order valence-corrected chi connectivity index (χ2v) is 39.2. The first-order valence-electron chi connectivity index (χ1n) is 50.0. The summed E-state index contributed by atoms with van der Waals surface area (Å²) in [6.45, 7) is 13.4. The van der Waals surface area contributed by atoms with Gasteiger partial charge in [0.05, 0.1) is 11.4 Å². The minimum absolute atomic E-state index is 0. The normalized spacial score (nSPS) is 13.1. The summed E-state index contributed by atoms with van der Waals surface area (Å²) in [5.41, 5.74) is -4.23. The van der Waals surface area contributed by atoms with E-state index in [1.54, 1.807) is 0 Å². The standard InChI is InChI=1S/2C49H96O7S.Na/c2*1-4-7-10-13-16-19-22-25-28-31-34-37-40-43-48(46(50)51,44-41-38-35-32-29-26-23-20-17-14-11-8-5-2)49(47(52)53,57(54,55)56)45-42-39-36-33-30-27-24-21-18-15-12-9-6-3;/h2*4-45H2,1-3H3,(H,50,51)(H,52,53)(H,54,55,56);/q;;+1/p-1. The number of unbranched alkanes of at least 4 members (excludes halogenated alkanes) is 72. The Balaban J connectivity index is -0.00000216. The van der Waals surface area contributed by atoms with Crippen molar-refractivity contribution in [3.8, 4) is 0 Å². The molecule has 0 saturated heterocycles. The van der Waals surface area contributed by atoms with E-state index >= 15 is 0 Å². The van der Waals surface area contributed by atoms with E-state index in [-0.39, 0.29) is 74.5 Å². The molecule has 0 aliphatic carbocycles. The number of carboxylic acid groups (broad SMARTS) is 4. The fourth-order valence-corrected chi connectivity index (χ4v) is 21.3. The van der Waals surface area contributed by atoms with Crippen molar-refractivity contribution in [2.24, 2.45) is 10.8 Å². The maximum absolute atomic E-state index is 13.4. The minimum atomic E-state index is -5.32. The third-order valence-electron chi connectivity index (χ3n) is 26.0. The van der Waals surface area contributed by atoms with Gasteiger partial charge in [-0.15, -0.1) is 0 Å². The van der Waals surface area contributed by atoms with E-state index in [0.29, 0.717) is 51.4 Å². The zero-order valence-electron chi connectivity index (χ0n) is 77.1. The average molecular weight is 1680 g/mol. The third kappa shape index (κ3) is 57.7. The molecule has 0 aromatic rings. The summed E-state index contributed by atoms with van der Waals surface area (Å²) in [6.07, 6.45) is 84.2. The molecule has 0 aromatic heterocycles. The second-order valence-electron chi connectivity index (χ2n) is 35.9. The molecule has 2 atom stereocenters. The van der Waals surface area contributed by atoms with E-state index in [4.69, 9.17) is 0 Å². The summed E-state index contributed by atoms with van der Waals surface area (Å²) in [5, 5.41) is 45.7. The number of carboxylic acids is 4. The van der Waals surface area contributed by atoms with Gasteiger partial charge in [-0.05, 0) is 38.5 Å². The fraction of sp³-hybridized carbons (Fsp3) is 0.959. The molecule has 14 nitrogen and oxygen atoms in total. The van der Waals surface area contributed by atoms with Gasteiger partial charge in [-0.25, -0.2) is 0 Å². The van der Waals surface area contributed by atoms with Crippen LogP contribution < -0.4 is 34.7 Å². The van der Waals surface area contributed by atoms with Gasteiger partial charge in [-0.2, -0.15) is 16.8 Å². The average Bonchev–Trinajstić information content (AvgIpc) is 0.729. The van der Waals surface area contributed by atoms with Gasteiger partial charge in [0.25, 0.3) is 20.2 Å². The van der Waals surface area contributed by atoms with Gasteiger partial charge in [-0.3, -0.25) is 23.5 Å². The molecule has 0 fully saturated rings. The Bertz CT molecular complexity index is 2170. The minimum Gasteiger partial charge on any atom is -0.548 e. The smallest absolute Gasteiger partial charge is 0.548 e. The predicted molar refractivity (Wildman–Crippen MR) is 483 cm³/mol. The van der Waals surface area contributed by atoms with Crippen LogP contribution in [-0.4, -0.2) is 74.6 Å². The molecule has 0 heterocycles. The number of hydrogen-bond donors (Lipinski definition) is 5. The van der Waals surface area contributed by atoms with Crippen molar-refractivity contribution >= 4 is 44.1 Å². The van der Waals surface area contributed by atoms with Gasteiger partial charge in [0.15, 0.2) is 4.75 Å². The van der Waals surface area contributed by atoms with Crippen LogP contribution in [0.15, 0.2) is 0 Å². The van der Waals surface area contributed by atoms with Crippen molar-refractivity contribution in [1.29, 1.82) is 0 Å². The van der Waals surface area contributed by atoms with Gasteiger partial charge < -0.3 is 25.2 Å². The van der Waals surface area contributed by atoms with Gasteiger partial charge in [-0.1, -0.05) is 542 Å². The van der Waals surface area contributed by atoms with E-state index < -0.39 is 70.9 Å². The SMILES string of the molecule is CCCCCCCCCCCCCCCC(CCCCCCCCCCCCCCC)(C(=O)O)C(CCCCCCCCCCCCCCC)(C(=O)O)S(=O)(=O)O.CCCCCCCCCCCCCCCC(CCCCCCCCCCCCCCC)(C(=O)O)C(CCCCCCCCCCCCCCC)(C(=O)[O-])S(=O)(=O)O.[Na+]. The first kappa shape index (κ1) is 118. The fourth-order valence-electron chi connectivity index (χ4n) is 18.4. The first-order chi connectivity index (χ1) is 55.1. The van der Waals surface area contributed by atoms with Crippen LogP contribution in [0.25, 0.3) is 0 Å². The van der Waals surface area contributed by atoms with Crippen molar-refractivity contribution in [3.05, 3.63) is 0 Å². The van der Waals surface area contributed by atoms with Gasteiger partial charge >= 0.3 is 47.5 Å². The van der Waals surface area contributed by atoms with Crippen LogP contribution in [-0.2, 0) is 39.4 Å². The molecule has 0 rings (SSSR count). The van der Waals surface area contributed by atoms with Crippen molar-refractivity contribution in [1.82, 2.24) is 0 Å². The quantitative estimate of drug-likeness (QED) is 0.0216. The van der Waals surface area contributed by atoms with Crippen LogP contribution in [0.3, 0.4) is 0 Å². The largest absolute Gasteiger partial charge is 1.00 e. The van der Waals surface area contributed by atoms with E-state index in [1.807, 2.05) is 0 Å².